The molecule has 2 unspecified atom stereocenters. The molecule has 0 bridgehead atoms. The third-order valence-electron chi connectivity index (χ3n) is 2.54. The fraction of sp³-hybridized carbons (Fsp3) is 0.636. The molecule has 2 N–H and O–H groups in total. The summed E-state index contributed by atoms with van der Waals surface area (Å²) in [6, 6.07) is 0. The topological polar surface area (TPSA) is 83.8 Å². The third kappa shape index (κ3) is 2.82. The van der Waals surface area contributed by atoms with Crippen LogP contribution in [-0.4, -0.2) is 33.4 Å². The summed E-state index contributed by atoms with van der Waals surface area (Å²) in [6.45, 7) is 4.59. The number of rotatable bonds is 3. The van der Waals surface area contributed by atoms with Crippen molar-refractivity contribution in [2.45, 2.75) is 44.8 Å². The van der Waals surface area contributed by atoms with Crippen molar-refractivity contribution in [2.24, 2.45) is 0 Å². The minimum atomic E-state index is -1.90. The SMILES string of the molecule is CC1=CC(=O)OC(C)(CC(C)(O)C(=O)O)C1. The van der Waals surface area contributed by atoms with Gasteiger partial charge in [-0.2, -0.15) is 0 Å². The fourth-order valence-corrected chi connectivity index (χ4v) is 2.05. The first-order valence-corrected chi connectivity index (χ1v) is 5.01. The van der Waals surface area contributed by atoms with Gasteiger partial charge in [-0.15, -0.1) is 0 Å². The molecule has 0 amide bonds. The van der Waals surface area contributed by atoms with Crippen LogP contribution in [0.15, 0.2) is 11.6 Å². The molecule has 90 valence electrons. The Labute approximate surface area is 93.7 Å². The maximum atomic E-state index is 11.2. The first-order valence-electron chi connectivity index (χ1n) is 5.01. The number of esters is 1. The minimum Gasteiger partial charge on any atom is -0.479 e. The molecule has 0 radical (unpaired) electrons. The van der Waals surface area contributed by atoms with Gasteiger partial charge >= 0.3 is 11.9 Å². The van der Waals surface area contributed by atoms with Crippen LogP contribution in [0.5, 0.6) is 0 Å². The summed E-state index contributed by atoms with van der Waals surface area (Å²) in [5.74, 6) is -1.82. The van der Waals surface area contributed by atoms with Gasteiger partial charge in [-0.05, 0) is 20.8 Å². The first kappa shape index (κ1) is 12.7. The molecule has 5 nitrogen and oxygen atoms in total. The molecule has 0 aromatic carbocycles. The Morgan fingerprint density at radius 3 is 2.69 bits per heavy atom. The van der Waals surface area contributed by atoms with Gasteiger partial charge in [0.1, 0.15) is 5.60 Å². The molecule has 0 saturated heterocycles. The van der Waals surface area contributed by atoms with E-state index >= 15 is 0 Å². The van der Waals surface area contributed by atoms with Crippen LogP contribution in [-0.2, 0) is 14.3 Å². The van der Waals surface area contributed by atoms with E-state index in [1.807, 2.05) is 0 Å². The summed E-state index contributed by atoms with van der Waals surface area (Å²) in [5, 5.41) is 18.5. The number of carbonyl (C=O) groups excluding carboxylic acids is 1. The highest BCUT2D eigenvalue weighted by molar-refractivity contribution is 5.84. The average molecular weight is 228 g/mol. The van der Waals surface area contributed by atoms with Gasteiger partial charge in [-0.3, -0.25) is 0 Å². The molecule has 0 saturated carbocycles. The van der Waals surface area contributed by atoms with E-state index < -0.39 is 23.1 Å². The van der Waals surface area contributed by atoms with Crippen LogP contribution < -0.4 is 0 Å². The Kier molecular flexibility index (Phi) is 3.10. The minimum absolute atomic E-state index is 0.133. The Morgan fingerprint density at radius 1 is 1.69 bits per heavy atom. The predicted molar refractivity (Wildman–Crippen MR) is 55.7 cm³/mol. The standard InChI is InChI=1S/C11H16O5/c1-7-4-8(12)16-10(2,5-7)6-11(3,15)9(13)14/h4,15H,5-6H2,1-3H3,(H,13,14). The Hall–Kier alpha value is -1.36. The summed E-state index contributed by atoms with van der Waals surface area (Å²) in [7, 11) is 0. The van der Waals surface area contributed by atoms with Crippen LogP contribution in [0.4, 0.5) is 0 Å². The van der Waals surface area contributed by atoms with E-state index in [9.17, 15) is 14.7 Å². The highest BCUT2D eigenvalue weighted by atomic mass is 16.6. The smallest absolute Gasteiger partial charge is 0.335 e. The third-order valence-corrected chi connectivity index (χ3v) is 2.54. The summed E-state index contributed by atoms with van der Waals surface area (Å²) in [5.41, 5.74) is -2.04. The molecule has 0 aromatic heterocycles. The van der Waals surface area contributed by atoms with Gasteiger partial charge in [0.2, 0.25) is 0 Å². The van der Waals surface area contributed by atoms with E-state index in [1.165, 1.54) is 13.0 Å². The highest BCUT2D eigenvalue weighted by Gasteiger charge is 2.43. The zero-order valence-corrected chi connectivity index (χ0v) is 9.61. The van der Waals surface area contributed by atoms with Gasteiger partial charge in [0.05, 0.1) is 0 Å². The second-order valence-electron chi connectivity index (χ2n) is 4.79. The van der Waals surface area contributed by atoms with Crippen molar-refractivity contribution in [3.63, 3.8) is 0 Å². The molecular formula is C11H16O5. The van der Waals surface area contributed by atoms with Gasteiger partial charge < -0.3 is 14.9 Å². The molecule has 1 rings (SSSR count). The lowest BCUT2D eigenvalue weighted by Crippen LogP contribution is -2.46. The number of carbonyl (C=O) groups is 2. The Morgan fingerprint density at radius 2 is 2.25 bits per heavy atom. The van der Waals surface area contributed by atoms with Crippen molar-refractivity contribution >= 4 is 11.9 Å². The molecule has 16 heavy (non-hydrogen) atoms. The van der Waals surface area contributed by atoms with Crippen LogP contribution >= 0.6 is 0 Å². The summed E-state index contributed by atoms with van der Waals surface area (Å²) < 4.78 is 5.09. The number of hydrogen-bond donors (Lipinski definition) is 2. The quantitative estimate of drug-likeness (QED) is 0.700. The van der Waals surface area contributed by atoms with E-state index in [2.05, 4.69) is 0 Å². The molecular weight excluding hydrogens is 212 g/mol. The van der Waals surface area contributed by atoms with Crippen LogP contribution in [0.3, 0.4) is 0 Å². The fourth-order valence-electron chi connectivity index (χ4n) is 2.05. The lowest BCUT2D eigenvalue weighted by atomic mass is 9.84. The molecule has 1 aliphatic rings. The predicted octanol–water partition coefficient (Wildman–Crippen LogP) is 0.864. The van der Waals surface area contributed by atoms with Crippen molar-refractivity contribution in [3.05, 3.63) is 11.6 Å². The van der Waals surface area contributed by atoms with Gasteiger partial charge in [-0.25, -0.2) is 9.59 Å². The number of ether oxygens (including phenoxy) is 1. The Balaban J connectivity index is 2.85. The lowest BCUT2D eigenvalue weighted by Gasteiger charge is -2.36. The maximum Gasteiger partial charge on any atom is 0.335 e. The van der Waals surface area contributed by atoms with Gasteiger partial charge in [0, 0.05) is 18.9 Å². The van der Waals surface area contributed by atoms with Crippen LogP contribution in [0.2, 0.25) is 0 Å². The lowest BCUT2D eigenvalue weighted by molar-refractivity contribution is -0.173. The monoisotopic (exact) mass is 228 g/mol. The normalized spacial score (nSPS) is 29.0. The molecule has 0 spiro atoms. The summed E-state index contributed by atoms with van der Waals surface area (Å²) >= 11 is 0. The molecule has 1 aliphatic heterocycles. The van der Waals surface area contributed by atoms with Crippen molar-refractivity contribution in [1.29, 1.82) is 0 Å². The molecule has 1 heterocycles. The zero-order chi connectivity index (χ0) is 12.6. The van der Waals surface area contributed by atoms with E-state index in [-0.39, 0.29) is 6.42 Å². The van der Waals surface area contributed by atoms with Crippen molar-refractivity contribution in [1.82, 2.24) is 0 Å². The molecule has 0 aromatic rings. The van der Waals surface area contributed by atoms with Gasteiger partial charge in [0.25, 0.3) is 0 Å². The number of hydrogen-bond acceptors (Lipinski definition) is 4. The van der Waals surface area contributed by atoms with E-state index in [1.54, 1.807) is 13.8 Å². The Bertz CT molecular complexity index is 355. The van der Waals surface area contributed by atoms with Crippen LogP contribution in [0.25, 0.3) is 0 Å². The second kappa shape index (κ2) is 3.90. The molecule has 5 heteroatoms. The van der Waals surface area contributed by atoms with Crippen molar-refractivity contribution < 1.29 is 24.5 Å². The summed E-state index contributed by atoms with van der Waals surface area (Å²) in [6.07, 6.45) is 1.67. The molecule has 2 atom stereocenters. The maximum absolute atomic E-state index is 11.2. The number of cyclic esters (lactones) is 1. The van der Waals surface area contributed by atoms with Gasteiger partial charge in [0.15, 0.2) is 5.60 Å². The zero-order valence-electron chi connectivity index (χ0n) is 9.61. The molecule has 0 fully saturated rings. The first-order chi connectivity index (χ1) is 7.15. The van der Waals surface area contributed by atoms with E-state index in [0.29, 0.717) is 6.42 Å². The largest absolute Gasteiger partial charge is 0.479 e. The van der Waals surface area contributed by atoms with E-state index in [0.717, 1.165) is 5.57 Å². The van der Waals surface area contributed by atoms with E-state index in [4.69, 9.17) is 9.84 Å². The second-order valence-corrected chi connectivity index (χ2v) is 4.79. The number of carboxylic acids is 1. The average Bonchev–Trinajstić information content (AvgIpc) is 1.97. The van der Waals surface area contributed by atoms with Crippen LogP contribution in [0, 0.1) is 0 Å². The number of aliphatic carboxylic acids is 1. The van der Waals surface area contributed by atoms with Crippen LogP contribution in [0.1, 0.15) is 33.6 Å². The number of carboxylic acid groups (broad SMARTS) is 1. The van der Waals surface area contributed by atoms with Crippen molar-refractivity contribution in [3.8, 4) is 0 Å². The summed E-state index contributed by atoms with van der Waals surface area (Å²) in [4.78, 5) is 22.0. The van der Waals surface area contributed by atoms with Gasteiger partial charge in [-0.1, -0.05) is 5.57 Å². The number of aliphatic hydroxyl groups is 1. The van der Waals surface area contributed by atoms with Crippen molar-refractivity contribution in [2.75, 3.05) is 0 Å². The highest BCUT2D eigenvalue weighted by Crippen LogP contribution is 2.33. The molecule has 0 aliphatic carbocycles.